The highest BCUT2D eigenvalue weighted by atomic mass is 16.5. The molecule has 0 radical (unpaired) electrons. The molecule has 0 aliphatic heterocycles. The molecule has 0 bridgehead atoms. The second kappa shape index (κ2) is 6.78. The molecule has 1 heterocycles. The summed E-state index contributed by atoms with van der Waals surface area (Å²) in [5, 5.41) is 11.7. The smallest absolute Gasteiger partial charge is 0.338 e. The Balaban J connectivity index is 1.67. The molecule has 1 aliphatic rings. The highest BCUT2D eigenvalue weighted by molar-refractivity contribution is 5.95. The van der Waals surface area contributed by atoms with Crippen molar-refractivity contribution in [1.82, 2.24) is 5.32 Å². The number of aryl methyl sites for hydroxylation is 1. The summed E-state index contributed by atoms with van der Waals surface area (Å²) in [6, 6.07) is 7.27. The van der Waals surface area contributed by atoms with Crippen LogP contribution in [0.1, 0.15) is 50.8 Å². The molecule has 6 nitrogen and oxygen atoms in total. The van der Waals surface area contributed by atoms with Crippen LogP contribution in [0.2, 0.25) is 0 Å². The number of benzene rings is 1. The molecule has 1 aliphatic carbocycles. The molecule has 0 spiro atoms. The maximum absolute atomic E-state index is 12.1. The standard InChI is InChI=1S/C18H19NO5/c1-23-14-5-6-15-11(7-14)3-2-4-12(15)9-19-17(20)16-8-13(10-24-16)18(21)22/h5-8,10,12H,2-4,9H2,1H3,(H,19,20)(H,21,22). The van der Waals surface area contributed by atoms with Gasteiger partial charge in [0.1, 0.15) is 12.0 Å². The van der Waals surface area contributed by atoms with Gasteiger partial charge >= 0.3 is 5.97 Å². The molecule has 24 heavy (non-hydrogen) atoms. The van der Waals surface area contributed by atoms with E-state index in [-0.39, 0.29) is 17.2 Å². The molecule has 0 fully saturated rings. The zero-order valence-electron chi connectivity index (χ0n) is 13.4. The summed E-state index contributed by atoms with van der Waals surface area (Å²) >= 11 is 0. The van der Waals surface area contributed by atoms with Gasteiger partial charge in [-0.25, -0.2) is 4.79 Å². The predicted molar refractivity (Wildman–Crippen MR) is 86.7 cm³/mol. The minimum absolute atomic E-state index is 0.0122. The fraction of sp³-hybridized carbons (Fsp3) is 0.333. The number of aromatic carboxylic acids is 1. The summed E-state index contributed by atoms with van der Waals surface area (Å²) in [5.74, 6) is -0.429. The van der Waals surface area contributed by atoms with E-state index in [0.717, 1.165) is 31.3 Å². The molecule has 1 unspecified atom stereocenters. The highest BCUT2D eigenvalue weighted by Gasteiger charge is 2.22. The number of hydrogen-bond acceptors (Lipinski definition) is 4. The Morgan fingerprint density at radius 3 is 2.92 bits per heavy atom. The Labute approximate surface area is 139 Å². The molecule has 2 aromatic rings. The Bertz CT molecular complexity index is 765. The van der Waals surface area contributed by atoms with E-state index in [1.165, 1.54) is 17.2 Å². The number of hydrogen-bond donors (Lipinski definition) is 2. The van der Waals surface area contributed by atoms with Crippen molar-refractivity contribution in [3.05, 3.63) is 53.0 Å². The second-order valence-corrected chi connectivity index (χ2v) is 5.87. The fourth-order valence-electron chi connectivity index (χ4n) is 3.10. The van der Waals surface area contributed by atoms with Crippen molar-refractivity contribution in [1.29, 1.82) is 0 Å². The number of furan rings is 1. The Hall–Kier alpha value is -2.76. The molecular weight excluding hydrogens is 310 g/mol. The van der Waals surface area contributed by atoms with Crippen LogP contribution in [0.4, 0.5) is 0 Å². The van der Waals surface area contributed by atoms with Gasteiger partial charge in [0.25, 0.3) is 5.91 Å². The van der Waals surface area contributed by atoms with Crippen LogP contribution >= 0.6 is 0 Å². The number of fused-ring (bicyclic) bond motifs is 1. The number of carbonyl (C=O) groups excluding carboxylic acids is 1. The number of carbonyl (C=O) groups is 2. The van der Waals surface area contributed by atoms with Gasteiger partial charge in [0.05, 0.1) is 12.7 Å². The van der Waals surface area contributed by atoms with Crippen LogP contribution in [0.3, 0.4) is 0 Å². The lowest BCUT2D eigenvalue weighted by Gasteiger charge is -2.26. The van der Waals surface area contributed by atoms with E-state index in [2.05, 4.69) is 17.4 Å². The molecule has 126 valence electrons. The largest absolute Gasteiger partial charge is 0.497 e. The lowest BCUT2D eigenvalue weighted by atomic mass is 9.82. The summed E-state index contributed by atoms with van der Waals surface area (Å²) in [7, 11) is 1.65. The summed E-state index contributed by atoms with van der Waals surface area (Å²) < 4.78 is 10.3. The zero-order valence-corrected chi connectivity index (χ0v) is 13.4. The van der Waals surface area contributed by atoms with E-state index < -0.39 is 11.9 Å². The van der Waals surface area contributed by atoms with Crippen LogP contribution in [0, 0.1) is 0 Å². The summed E-state index contributed by atoms with van der Waals surface area (Å²) in [4.78, 5) is 22.9. The lowest BCUT2D eigenvalue weighted by molar-refractivity contribution is 0.0696. The van der Waals surface area contributed by atoms with Gasteiger partial charge in [-0.15, -0.1) is 0 Å². The summed E-state index contributed by atoms with van der Waals surface area (Å²) in [5.41, 5.74) is 2.45. The molecule has 1 aromatic heterocycles. The number of carboxylic acids is 1. The average Bonchev–Trinajstić information content (AvgIpc) is 3.09. The minimum Gasteiger partial charge on any atom is -0.497 e. The van der Waals surface area contributed by atoms with Gasteiger partial charge in [-0.2, -0.15) is 0 Å². The number of carboxylic acid groups (broad SMARTS) is 1. The third kappa shape index (κ3) is 3.27. The summed E-state index contributed by atoms with van der Waals surface area (Å²) in [6.45, 7) is 0.487. The molecule has 1 atom stereocenters. The molecule has 0 saturated carbocycles. The van der Waals surface area contributed by atoms with Crippen LogP contribution in [-0.4, -0.2) is 30.6 Å². The first-order valence-electron chi connectivity index (χ1n) is 7.85. The Kier molecular flexibility index (Phi) is 4.55. The molecule has 1 aromatic carbocycles. The van der Waals surface area contributed by atoms with Crippen molar-refractivity contribution in [3.8, 4) is 5.75 Å². The van der Waals surface area contributed by atoms with Crippen molar-refractivity contribution in [2.45, 2.75) is 25.2 Å². The van der Waals surface area contributed by atoms with Gasteiger partial charge < -0.3 is 19.6 Å². The van der Waals surface area contributed by atoms with Gasteiger partial charge in [0.15, 0.2) is 5.76 Å². The Morgan fingerprint density at radius 2 is 2.21 bits per heavy atom. The van der Waals surface area contributed by atoms with Crippen LogP contribution in [-0.2, 0) is 6.42 Å². The van der Waals surface area contributed by atoms with E-state index in [1.54, 1.807) is 7.11 Å². The molecule has 0 saturated heterocycles. The zero-order chi connectivity index (χ0) is 17.1. The summed E-state index contributed by atoms with van der Waals surface area (Å²) in [6.07, 6.45) is 4.14. The van der Waals surface area contributed by atoms with E-state index in [4.69, 9.17) is 14.3 Å². The van der Waals surface area contributed by atoms with Crippen molar-refractivity contribution < 1.29 is 23.8 Å². The van der Waals surface area contributed by atoms with Crippen molar-refractivity contribution >= 4 is 11.9 Å². The quantitative estimate of drug-likeness (QED) is 0.880. The molecule has 1 amide bonds. The van der Waals surface area contributed by atoms with Crippen molar-refractivity contribution in [3.63, 3.8) is 0 Å². The average molecular weight is 329 g/mol. The normalized spacial score (nSPS) is 16.3. The van der Waals surface area contributed by atoms with Crippen molar-refractivity contribution in [2.75, 3.05) is 13.7 Å². The third-order valence-corrected chi connectivity index (χ3v) is 4.37. The number of nitrogens with one attached hydrogen (secondary N) is 1. The number of ether oxygens (including phenoxy) is 1. The highest BCUT2D eigenvalue weighted by Crippen LogP contribution is 2.33. The Morgan fingerprint density at radius 1 is 1.38 bits per heavy atom. The second-order valence-electron chi connectivity index (χ2n) is 5.87. The van der Waals surface area contributed by atoms with Crippen molar-refractivity contribution in [2.24, 2.45) is 0 Å². The third-order valence-electron chi connectivity index (χ3n) is 4.37. The first kappa shape index (κ1) is 16.1. The maximum Gasteiger partial charge on any atom is 0.338 e. The number of amides is 1. The van der Waals surface area contributed by atoms with E-state index in [1.807, 2.05) is 6.07 Å². The SMILES string of the molecule is COc1ccc2c(c1)CCCC2CNC(=O)c1cc(C(=O)O)co1. The van der Waals surface area contributed by atoms with Crippen LogP contribution in [0.15, 0.2) is 34.9 Å². The van der Waals surface area contributed by atoms with Crippen LogP contribution in [0.5, 0.6) is 5.75 Å². The number of rotatable bonds is 5. The van der Waals surface area contributed by atoms with E-state index >= 15 is 0 Å². The molecular formula is C18H19NO5. The van der Waals surface area contributed by atoms with E-state index in [0.29, 0.717) is 6.54 Å². The first-order valence-corrected chi connectivity index (χ1v) is 7.85. The van der Waals surface area contributed by atoms with Gasteiger partial charge in [0.2, 0.25) is 0 Å². The maximum atomic E-state index is 12.1. The van der Waals surface area contributed by atoms with Crippen LogP contribution < -0.4 is 10.1 Å². The fourth-order valence-corrected chi connectivity index (χ4v) is 3.10. The van der Waals surface area contributed by atoms with Gasteiger partial charge in [-0.1, -0.05) is 6.07 Å². The predicted octanol–water partition coefficient (Wildman–Crippen LogP) is 2.84. The molecule has 6 heteroatoms. The number of methoxy groups -OCH3 is 1. The minimum atomic E-state index is -1.12. The van der Waals surface area contributed by atoms with Crippen LogP contribution in [0.25, 0.3) is 0 Å². The monoisotopic (exact) mass is 329 g/mol. The molecule has 2 N–H and O–H groups in total. The van der Waals surface area contributed by atoms with Gasteiger partial charge in [-0.3, -0.25) is 4.79 Å². The first-order chi connectivity index (χ1) is 11.6. The van der Waals surface area contributed by atoms with Gasteiger partial charge in [-0.05, 0) is 42.5 Å². The molecule has 3 rings (SSSR count). The lowest BCUT2D eigenvalue weighted by Crippen LogP contribution is -2.29. The topological polar surface area (TPSA) is 88.8 Å². The van der Waals surface area contributed by atoms with Gasteiger partial charge in [0, 0.05) is 18.5 Å². The van der Waals surface area contributed by atoms with E-state index in [9.17, 15) is 9.59 Å².